The number of hydrogen-bond donors (Lipinski definition) is 2. The van der Waals surface area contributed by atoms with Crippen LogP contribution in [0.1, 0.15) is 33.1 Å². The Morgan fingerprint density at radius 3 is 2.27 bits per heavy atom. The van der Waals surface area contributed by atoms with Gasteiger partial charge in [-0.2, -0.15) is 0 Å². The molecule has 0 aliphatic carbocycles. The van der Waals surface area contributed by atoms with Crippen molar-refractivity contribution >= 4 is 5.97 Å². The highest BCUT2D eigenvalue weighted by molar-refractivity contribution is 5.87. The summed E-state index contributed by atoms with van der Waals surface area (Å²) in [5.41, 5.74) is 6.37. The summed E-state index contributed by atoms with van der Waals surface area (Å²) in [6.07, 6.45) is 2.00. The number of nitrogens with two attached hydrogens (primary N) is 1. The van der Waals surface area contributed by atoms with Crippen molar-refractivity contribution in [2.45, 2.75) is 33.1 Å². The third-order valence-electron chi connectivity index (χ3n) is 1.53. The zero-order chi connectivity index (χ0) is 8.85. The van der Waals surface area contributed by atoms with Gasteiger partial charge >= 0.3 is 5.97 Å². The summed E-state index contributed by atoms with van der Waals surface area (Å²) in [4.78, 5) is 10.6. The lowest BCUT2D eigenvalue weighted by atomic mass is 10.1. The molecule has 0 fully saturated rings. The number of hydrogen-bond acceptors (Lipinski definition) is 2. The summed E-state index contributed by atoms with van der Waals surface area (Å²) in [5.74, 6) is -0.883. The fourth-order valence-corrected chi connectivity index (χ4v) is 0.868. The monoisotopic (exact) mass is 157 g/mol. The van der Waals surface area contributed by atoms with Crippen molar-refractivity contribution in [3.63, 3.8) is 0 Å². The molecule has 3 heteroatoms. The van der Waals surface area contributed by atoms with Gasteiger partial charge in [-0.1, -0.05) is 20.3 Å². The predicted molar refractivity (Wildman–Crippen MR) is 44.0 cm³/mol. The van der Waals surface area contributed by atoms with Gasteiger partial charge in [0, 0.05) is 5.70 Å². The van der Waals surface area contributed by atoms with Gasteiger partial charge in [0.1, 0.15) is 0 Å². The van der Waals surface area contributed by atoms with E-state index in [0.29, 0.717) is 24.1 Å². The van der Waals surface area contributed by atoms with E-state index >= 15 is 0 Å². The Kier molecular flexibility index (Phi) is 4.34. The number of allylic oxidation sites excluding steroid dienone is 1. The lowest BCUT2D eigenvalue weighted by Crippen LogP contribution is -2.09. The van der Waals surface area contributed by atoms with Crippen LogP contribution in [-0.2, 0) is 4.79 Å². The maximum Gasteiger partial charge on any atom is 0.333 e. The predicted octanol–water partition coefficient (Wildman–Crippen LogP) is 1.49. The fourth-order valence-electron chi connectivity index (χ4n) is 0.868. The second-order valence-corrected chi connectivity index (χ2v) is 2.41. The molecule has 0 spiro atoms. The first-order valence-electron chi connectivity index (χ1n) is 3.84. The molecule has 0 aromatic rings. The maximum atomic E-state index is 10.6. The summed E-state index contributed by atoms with van der Waals surface area (Å²) in [6, 6.07) is 0. The lowest BCUT2D eigenvalue weighted by molar-refractivity contribution is -0.132. The van der Waals surface area contributed by atoms with Crippen LogP contribution < -0.4 is 5.73 Å². The summed E-state index contributed by atoms with van der Waals surface area (Å²) >= 11 is 0. The molecular formula is C8H15NO2. The molecule has 0 atom stereocenters. The van der Waals surface area contributed by atoms with Crippen molar-refractivity contribution in [1.29, 1.82) is 0 Å². The minimum Gasteiger partial charge on any atom is -0.478 e. The van der Waals surface area contributed by atoms with E-state index in [4.69, 9.17) is 10.8 Å². The zero-order valence-corrected chi connectivity index (χ0v) is 7.05. The first-order chi connectivity index (χ1) is 5.13. The van der Waals surface area contributed by atoms with Gasteiger partial charge in [-0.05, 0) is 12.8 Å². The second kappa shape index (κ2) is 4.77. The maximum absolute atomic E-state index is 10.6. The molecule has 0 heterocycles. The summed E-state index contributed by atoms with van der Waals surface area (Å²) < 4.78 is 0. The van der Waals surface area contributed by atoms with Gasteiger partial charge < -0.3 is 10.8 Å². The number of rotatable bonds is 4. The van der Waals surface area contributed by atoms with Crippen molar-refractivity contribution in [2.75, 3.05) is 0 Å². The van der Waals surface area contributed by atoms with Gasteiger partial charge in [-0.3, -0.25) is 0 Å². The fraction of sp³-hybridized carbons (Fsp3) is 0.625. The van der Waals surface area contributed by atoms with Gasteiger partial charge in [0.2, 0.25) is 0 Å². The summed E-state index contributed by atoms with van der Waals surface area (Å²) in [7, 11) is 0. The van der Waals surface area contributed by atoms with E-state index in [1.54, 1.807) is 0 Å². The lowest BCUT2D eigenvalue weighted by Gasteiger charge is -2.03. The number of carboxylic acid groups (broad SMARTS) is 1. The minimum absolute atomic E-state index is 0.370. The van der Waals surface area contributed by atoms with E-state index in [9.17, 15) is 4.79 Å². The molecule has 64 valence electrons. The highest BCUT2D eigenvalue weighted by Crippen LogP contribution is 2.09. The second-order valence-electron chi connectivity index (χ2n) is 2.41. The van der Waals surface area contributed by atoms with E-state index in [1.165, 1.54) is 0 Å². The number of carbonyl (C=O) groups is 1. The van der Waals surface area contributed by atoms with Crippen molar-refractivity contribution in [2.24, 2.45) is 5.73 Å². The van der Waals surface area contributed by atoms with Crippen molar-refractivity contribution in [3.05, 3.63) is 11.3 Å². The van der Waals surface area contributed by atoms with Crippen LogP contribution in [0.5, 0.6) is 0 Å². The Bertz CT molecular complexity index is 173. The SMILES string of the molecule is CCC/C(C(=O)O)=C(/N)CC. The van der Waals surface area contributed by atoms with Crippen molar-refractivity contribution < 1.29 is 9.90 Å². The highest BCUT2D eigenvalue weighted by Gasteiger charge is 2.08. The van der Waals surface area contributed by atoms with Crippen molar-refractivity contribution in [3.8, 4) is 0 Å². The molecule has 0 rings (SSSR count). The first-order valence-corrected chi connectivity index (χ1v) is 3.84. The van der Waals surface area contributed by atoms with Gasteiger partial charge in [0.15, 0.2) is 0 Å². The molecule has 0 radical (unpaired) electrons. The molecule has 3 nitrogen and oxygen atoms in total. The average molecular weight is 157 g/mol. The summed E-state index contributed by atoms with van der Waals surface area (Å²) in [6.45, 7) is 3.79. The molecule has 0 aromatic carbocycles. The third kappa shape index (κ3) is 3.07. The van der Waals surface area contributed by atoms with E-state index in [-0.39, 0.29) is 0 Å². The number of carboxylic acids is 1. The standard InChI is InChI=1S/C8H15NO2/c1-3-5-6(8(10)11)7(9)4-2/h3-5,9H2,1-2H3,(H,10,11)/b7-6-. The quantitative estimate of drug-likeness (QED) is 0.608. The number of aliphatic carboxylic acids is 1. The Labute approximate surface area is 66.9 Å². The van der Waals surface area contributed by atoms with Crippen molar-refractivity contribution in [1.82, 2.24) is 0 Å². The van der Waals surface area contributed by atoms with Gasteiger partial charge in [0.25, 0.3) is 0 Å². The Morgan fingerprint density at radius 2 is 2.00 bits per heavy atom. The Hall–Kier alpha value is -0.990. The average Bonchev–Trinajstić information content (AvgIpc) is 1.98. The summed E-state index contributed by atoms with van der Waals surface area (Å²) in [5, 5.41) is 8.67. The van der Waals surface area contributed by atoms with Gasteiger partial charge in [0.05, 0.1) is 5.57 Å². The molecule has 0 saturated heterocycles. The van der Waals surface area contributed by atoms with Crippen LogP contribution in [0, 0.1) is 0 Å². The van der Waals surface area contributed by atoms with E-state index < -0.39 is 5.97 Å². The van der Waals surface area contributed by atoms with Crippen LogP contribution in [0.25, 0.3) is 0 Å². The molecule has 0 aromatic heterocycles. The topological polar surface area (TPSA) is 63.3 Å². The van der Waals surface area contributed by atoms with E-state index in [2.05, 4.69) is 0 Å². The van der Waals surface area contributed by atoms with Crippen LogP contribution >= 0.6 is 0 Å². The Balaban J connectivity index is 4.43. The van der Waals surface area contributed by atoms with Gasteiger partial charge in [-0.15, -0.1) is 0 Å². The molecule has 0 saturated carbocycles. The van der Waals surface area contributed by atoms with E-state index in [1.807, 2.05) is 13.8 Å². The third-order valence-corrected chi connectivity index (χ3v) is 1.53. The zero-order valence-electron chi connectivity index (χ0n) is 7.05. The molecule has 11 heavy (non-hydrogen) atoms. The smallest absolute Gasteiger partial charge is 0.333 e. The first kappa shape index (κ1) is 10.0. The van der Waals surface area contributed by atoms with Crippen LogP contribution in [-0.4, -0.2) is 11.1 Å². The minimum atomic E-state index is -0.883. The molecular weight excluding hydrogens is 142 g/mol. The molecule has 0 bridgehead atoms. The van der Waals surface area contributed by atoms with Crippen LogP contribution in [0.4, 0.5) is 0 Å². The molecule has 0 aliphatic rings. The van der Waals surface area contributed by atoms with E-state index in [0.717, 1.165) is 6.42 Å². The molecule has 0 unspecified atom stereocenters. The molecule has 3 N–H and O–H groups in total. The normalized spacial score (nSPS) is 12.5. The van der Waals surface area contributed by atoms with Crippen LogP contribution in [0.15, 0.2) is 11.3 Å². The largest absolute Gasteiger partial charge is 0.478 e. The molecule has 0 aliphatic heterocycles. The van der Waals surface area contributed by atoms with Crippen LogP contribution in [0.3, 0.4) is 0 Å². The highest BCUT2D eigenvalue weighted by atomic mass is 16.4. The van der Waals surface area contributed by atoms with Gasteiger partial charge in [-0.25, -0.2) is 4.79 Å². The van der Waals surface area contributed by atoms with Crippen LogP contribution in [0.2, 0.25) is 0 Å². The molecule has 0 amide bonds. The Morgan fingerprint density at radius 1 is 1.45 bits per heavy atom.